The highest BCUT2D eigenvalue weighted by Crippen LogP contribution is 2.40. The fraction of sp³-hybridized carbons (Fsp3) is 0.667. The minimum atomic E-state index is 0.225. The number of hydrogen-bond donors (Lipinski definition) is 0. The monoisotopic (exact) mass is 306 g/mol. The molecule has 0 bridgehead atoms. The molecule has 0 nitrogen and oxygen atoms in total. The first-order valence-corrected chi connectivity index (χ1v) is 7.61. The molecule has 1 aromatic heterocycles. The molecule has 0 spiro atoms. The van der Waals surface area contributed by atoms with Gasteiger partial charge in [0, 0.05) is 4.88 Å². The van der Waals surface area contributed by atoms with Gasteiger partial charge in [0.1, 0.15) is 0 Å². The highest BCUT2D eigenvalue weighted by atomic mass is 79.9. The van der Waals surface area contributed by atoms with E-state index in [1.807, 2.05) is 0 Å². The summed E-state index contributed by atoms with van der Waals surface area (Å²) in [5.41, 5.74) is 1.31. The van der Waals surface area contributed by atoms with Crippen molar-refractivity contribution in [3.05, 3.63) is 20.3 Å². The molecule has 1 fully saturated rings. The molecule has 1 heterocycles. The van der Waals surface area contributed by atoms with E-state index in [4.69, 9.17) is 11.6 Å². The minimum absolute atomic E-state index is 0.225. The lowest BCUT2D eigenvalue weighted by molar-refractivity contribution is 0.498. The smallest absolute Gasteiger partial charge is 0.0731 e. The fourth-order valence-electron chi connectivity index (χ4n) is 2.29. The molecule has 1 atom stereocenters. The van der Waals surface area contributed by atoms with Crippen molar-refractivity contribution in [2.75, 3.05) is 0 Å². The lowest BCUT2D eigenvalue weighted by atomic mass is 10.0. The molecular formula is C12H16BrClS. The van der Waals surface area contributed by atoms with Crippen molar-refractivity contribution >= 4 is 38.9 Å². The van der Waals surface area contributed by atoms with Crippen molar-refractivity contribution < 1.29 is 0 Å². The second-order valence-corrected chi connectivity index (χ2v) is 7.39. The maximum absolute atomic E-state index is 6.46. The van der Waals surface area contributed by atoms with Crippen molar-refractivity contribution in [1.29, 1.82) is 0 Å². The average molecular weight is 308 g/mol. The summed E-state index contributed by atoms with van der Waals surface area (Å²) >= 11 is 11.8. The predicted molar refractivity (Wildman–Crippen MR) is 71.9 cm³/mol. The lowest BCUT2D eigenvalue weighted by Crippen LogP contribution is -1.97. The van der Waals surface area contributed by atoms with E-state index < -0.39 is 0 Å². The average Bonchev–Trinajstić information content (AvgIpc) is 2.78. The third kappa shape index (κ3) is 2.98. The number of rotatable bonds is 3. The summed E-state index contributed by atoms with van der Waals surface area (Å²) in [5.74, 6) is 0.869. The van der Waals surface area contributed by atoms with E-state index in [0.29, 0.717) is 0 Å². The van der Waals surface area contributed by atoms with E-state index >= 15 is 0 Å². The SMILES string of the molecule is Cc1cc(C(Cl)CC2CCCC2)sc1Br. The summed E-state index contributed by atoms with van der Waals surface area (Å²) in [7, 11) is 0. The van der Waals surface area contributed by atoms with Gasteiger partial charge < -0.3 is 0 Å². The number of alkyl halides is 1. The second kappa shape index (κ2) is 5.20. The zero-order chi connectivity index (χ0) is 10.8. The zero-order valence-corrected chi connectivity index (χ0v) is 12.1. The van der Waals surface area contributed by atoms with Gasteiger partial charge in [0.2, 0.25) is 0 Å². The molecule has 1 aliphatic carbocycles. The minimum Gasteiger partial charge on any atom is -0.131 e. The van der Waals surface area contributed by atoms with Gasteiger partial charge in [-0.3, -0.25) is 0 Å². The summed E-state index contributed by atoms with van der Waals surface area (Å²) in [5, 5.41) is 0.225. The molecule has 0 aromatic carbocycles. The molecule has 2 rings (SSSR count). The Bertz CT molecular complexity index is 309. The molecule has 1 saturated carbocycles. The van der Waals surface area contributed by atoms with Crippen LogP contribution in [0, 0.1) is 12.8 Å². The Labute approximate surface area is 109 Å². The first-order chi connectivity index (χ1) is 7.16. The maximum atomic E-state index is 6.46. The fourth-order valence-corrected chi connectivity index (χ4v) is 4.30. The molecule has 0 aliphatic heterocycles. The van der Waals surface area contributed by atoms with Gasteiger partial charge >= 0.3 is 0 Å². The van der Waals surface area contributed by atoms with Crippen molar-refractivity contribution in [1.82, 2.24) is 0 Å². The Morgan fingerprint density at radius 3 is 2.73 bits per heavy atom. The van der Waals surface area contributed by atoms with Crippen LogP contribution in [0.5, 0.6) is 0 Å². The van der Waals surface area contributed by atoms with E-state index in [2.05, 4.69) is 28.9 Å². The third-order valence-corrected chi connectivity index (χ3v) is 5.99. The molecule has 1 aliphatic rings. The molecule has 0 saturated heterocycles. The van der Waals surface area contributed by atoms with Gasteiger partial charge in [-0.25, -0.2) is 0 Å². The van der Waals surface area contributed by atoms with E-state index in [9.17, 15) is 0 Å². The number of aryl methyl sites for hydroxylation is 1. The maximum Gasteiger partial charge on any atom is 0.0731 e. The van der Waals surface area contributed by atoms with Crippen LogP contribution in [-0.2, 0) is 0 Å². The van der Waals surface area contributed by atoms with Crippen molar-refractivity contribution in [2.45, 2.75) is 44.4 Å². The first-order valence-electron chi connectivity index (χ1n) is 5.56. The third-order valence-electron chi connectivity index (χ3n) is 3.20. The lowest BCUT2D eigenvalue weighted by Gasteiger charge is -2.12. The molecule has 84 valence electrons. The molecule has 0 amide bonds. The molecule has 15 heavy (non-hydrogen) atoms. The molecular weight excluding hydrogens is 292 g/mol. The van der Waals surface area contributed by atoms with Crippen LogP contribution in [0.25, 0.3) is 0 Å². The summed E-state index contributed by atoms with van der Waals surface area (Å²) in [6, 6.07) is 2.22. The standard InChI is InChI=1S/C12H16BrClS/c1-8-6-11(15-12(8)13)10(14)7-9-4-2-3-5-9/h6,9-10H,2-5,7H2,1H3. The Morgan fingerprint density at radius 1 is 1.53 bits per heavy atom. The largest absolute Gasteiger partial charge is 0.131 e. The van der Waals surface area contributed by atoms with Gasteiger partial charge in [-0.2, -0.15) is 0 Å². The van der Waals surface area contributed by atoms with E-state index in [-0.39, 0.29) is 5.38 Å². The van der Waals surface area contributed by atoms with Gasteiger partial charge in [0.25, 0.3) is 0 Å². The highest BCUT2D eigenvalue weighted by molar-refractivity contribution is 9.11. The summed E-state index contributed by atoms with van der Waals surface area (Å²) < 4.78 is 1.23. The van der Waals surface area contributed by atoms with Crippen LogP contribution in [0.2, 0.25) is 0 Å². The molecule has 1 unspecified atom stereocenters. The van der Waals surface area contributed by atoms with Crippen molar-refractivity contribution in [3.63, 3.8) is 0 Å². The molecule has 0 N–H and O–H groups in total. The molecule has 0 radical (unpaired) electrons. The van der Waals surface area contributed by atoms with E-state index in [1.54, 1.807) is 11.3 Å². The number of halogens is 2. The van der Waals surface area contributed by atoms with Gasteiger partial charge in [-0.15, -0.1) is 22.9 Å². The zero-order valence-electron chi connectivity index (χ0n) is 8.93. The van der Waals surface area contributed by atoms with Crippen LogP contribution < -0.4 is 0 Å². The van der Waals surface area contributed by atoms with Crippen LogP contribution >= 0.6 is 38.9 Å². The van der Waals surface area contributed by atoms with Crippen LogP contribution in [0.3, 0.4) is 0 Å². The molecule has 3 heteroatoms. The predicted octanol–water partition coefficient (Wildman–Crippen LogP) is 5.68. The van der Waals surface area contributed by atoms with E-state index in [0.717, 1.165) is 12.3 Å². The second-order valence-electron chi connectivity index (χ2n) is 4.46. The Hall–Kier alpha value is 0.470. The van der Waals surface area contributed by atoms with E-state index in [1.165, 1.54) is 39.9 Å². The summed E-state index contributed by atoms with van der Waals surface area (Å²) in [6.45, 7) is 2.13. The van der Waals surface area contributed by atoms with Crippen LogP contribution in [-0.4, -0.2) is 0 Å². The van der Waals surface area contributed by atoms with Gasteiger partial charge in [0.05, 0.1) is 9.16 Å². The Balaban J connectivity index is 1.97. The van der Waals surface area contributed by atoms with Crippen LogP contribution in [0.1, 0.15) is 47.9 Å². The summed E-state index contributed by atoms with van der Waals surface area (Å²) in [6.07, 6.45) is 6.74. The van der Waals surface area contributed by atoms with Crippen LogP contribution in [0.4, 0.5) is 0 Å². The van der Waals surface area contributed by atoms with Crippen molar-refractivity contribution in [3.8, 4) is 0 Å². The number of thiophene rings is 1. The first kappa shape index (κ1) is 11.9. The van der Waals surface area contributed by atoms with Gasteiger partial charge in [-0.05, 0) is 46.8 Å². The topological polar surface area (TPSA) is 0 Å². The molecule has 1 aromatic rings. The normalized spacial score (nSPS) is 19.7. The van der Waals surface area contributed by atoms with Gasteiger partial charge in [-0.1, -0.05) is 25.7 Å². The Morgan fingerprint density at radius 2 is 2.20 bits per heavy atom. The Kier molecular flexibility index (Phi) is 4.14. The quantitative estimate of drug-likeness (QED) is 0.630. The van der Waals surface area contributed by atoms with Crippen LogP contribution in [0.15, 0.2) is 9.85 Å². The number of hydrogen-bond acceptors (Lipinski definition) is 1. The summed E-state index contributed by atoms with van der Waals surface area (Å²) in [4.78, 5) is 1.33. The highest BCUT2D eigenvalue weighted by Gasteiger charge is 2.21. The van der Waals surface area contributed by atoms with Gasteiger partial charge in [0.15, 0.2) is 0 Å². The van der Waals surface area contributed by atoms with Crippen molar-refractivity contribution in [2.24, 2.45) is 5.92 Å².